The van der Waals surface area contributed by atoms with Crippen LogP contribution in [-0.2, 0) is 16.1 Å². The monoisotopic (exact) mass is 402 g/mol. The summed E-state index contributed by atoms with van der Waals surface area (Å²) in [6.07, 6.45) is 5.21. The molecule has 1 spiro atoms. The number of aryl methyl sites for hydroxylation is 1. The average molecular weight is 402 g/mol. The third-order valence-corrected chi connectivity index (χ3v) is 6.91. The molecule has 1 aliphatic carbocycles. The van der Waals surface area contributed by atoms with Crippen molar-refractivity contribution < 1.29 is 19.5 Å². The van der Waals surface area contributed by atoms with Crippen LogP contribution >= 0.6 is 0 Å². The van der Waals surface area contributed by atoms with Gasteiger partial charge in [0, 0.05) is 5.56 Å². The van der Waals surface area contributed by atoms with E-state index in [0.29, 0.717) is 35.9 Å². The third kappa shape index (κ3) is 3.72. The highest BCUT2D eigenvalue weighted by atomic mass is 16.7. The lowest BCUT2D eigenvalue weighted by atomic mass is 9.61. The summed E-state index contributed by atoms with van der Waals surface area (Å²) in [6.45, 7) is 3.64. The number of carboxylic acids is 1. The highest BCUT2D eigenvalue weighted by Gasteiger charge is 2.46. The molecule has 0 amide bonds. The Morgan fingerprint density at radius 1 is 1.38 bits per heavy atom. The summed E-state index contributed by atoms with van der Waals surface area (Å²) in [5, 5.41) is 12.9. The standard InChI is InChI=1S/C21H30N4O4/c1-20(29-23,19(26)27)17-5-3-13-10-14(2-4-16(13)28-17)18(22)25-15-11-21(12-15)6-8-24-9-7-21/h2,4,10,15,17,24H,3,5-9,11-12,23H2,1H3,(H2,22,25)(H,26,27)/t17-,20+/m1/s1. The molecule has 3 aliphatic rings. The molecule has 0 aromatic heterocycles. The Hall–Kier alpha value is -2.16. The van der Waals surface area contributed by atoms with Gasteiger partial charge >= 0.3 is 5.97 Å². The Morgan fingerprint density at radius 3 is 2.76 bits per heavy atom. The van der Waals surface area contributed by atoms with E-state index >= 15 is 0 Å². The van der Waals surface area contributed by atoms with Crippen LogP contribution in [0.3, 0.4) is 0 Å². The Morgan fingerprint density at radius 2 is 2.10 bits per heavy atom. The van der Waals surface area contributed by atoms with Crippen molar-refractivity contribution in [3.05, 3.63) is 29.3 Å². The minimum Gasteiger partial charge on any atom is -0.486 e. The summed E-state index contributed by atoms with van der Waals surface area (Å²) < 4.78 is 5.90. The van der Waals surface area contributed by atoms with Crippen LogP contribution < -0.4 is 21.7 Å². The van der Waals surface area contributed by atoms with Crippen molar-refractivity contribution in [2.45, 2.75) is 63.2 Å². The van der Waals surface area contributed by atoms with Crippen LogP contribution in [-0.4, -0.2) is 47.7 Å². The first-order valence-electron chi connectivity index (χ1n) is 10.3. The van der Waals surface area contributed by atoms with Gasteiger partial charge in [-0.1, -0.05) is 0 Å². The molecule has 1 aromatic carbocycles. The molecule has 8 heteroatoms. The van der Waals surface area contributed by atoms with Crippen molar-refractivity contribution in [3.8, 4) is 5.75 Å². The van der Waals surface area contributed by atoms with Gasteiger partial charge in [-0.25, -0.2) is 10.7 Å². The molecular weight excluding hydrogens is 372 g/mol. The van der Waals surface area contributed by atoms with Gasteiger partial charge in [0.2, 0.25) is 5.60 Å². The van der Waals surface area contributed by atoms with E-state index in [1.165, 1.54) is 19.8 Å². The lowest BCUT2D eigenvalue weighted by Crippen LogP contribution is -2.54. The van der Waals surface area contributed by atoms with Crippen LogP contribution in [0.25, 0.3) is 0 Å². The van der Waals surface area contributed by atoms with Crippen LogP contribution in [0.15, 0.2) is 23.2 Å². The Kier molecular flexibility index (Phi) is 5.27. The molecule has 2 heterocycles. The van der Waals surface area contributed by atoms with E-state index in [1.54, 1.807) is 0 Å². The summed E-state index contributed by atoms with van der Waals surface area (Å²) in [6, 6.07) is 6.00. The first-order chi connectivity index (χ1) is 13.8. The van der Waals surface area contributed by atoms with E-state index in [4.69, 9.17) is 26.2 Å². The van der Waals surface area contributed by atoms with Crippen molar-refractivity contribution >= 4 is 11.8 Å². The number of amidine groups is 1. The Bertz CT molecular complexity index is 813. The number of fused-ring (bicyclic) bond motifs is 1. The molecule has 1 aromatic rings. The van der Waals surface area contributed by atoms with Crippen LogP contribution in [0.1, 0.15) is 50.2 Å². The summed E-state index contributed by atoms with van der Waals surface area (Å²) in [7, 11) is 0. The van der Waals surface area contributed by atoms with Gasteiger partial charge in [0.05, 0.1) is 6.04 Å². The topological polar surface area (TPSA) is 132 Å². The molecule has 2 atom stereocenters. The molecule has 1 saturated carbocycles. The van der Waals surface area contributed by atoms with Gasteiger partial charge < -0.3 is 20.9 Å². The number of nitrogens with two attached hydrogens (primary N) is 2. The summed E-state index contributed by atoms with van der Waals surface area (Å²) in [5.41, 5.74) is 7.05. The minimum absolute atomic E-state index is 0.308. The van der Waals surface area contributed by atoms with E-state index in [9.17, 15) is 9.90 Å². The number of hydrogen-bond donors (Lipinski definition) is 4. The predicted molar refractivity (Wildman–Crippen MR) is 109 cm³/mol. The number of piperidine rings is 1. The summed E-state index contributed by atoms with van der Waals surface area (Å²) >= 11 is 0. The number of aliphatic carboxylic acids is 1. The molecule has 4 rings (SSSR count). The first kappa shape index (κ1) is 20.1. The van der Waals surface area contributed by atoms with Crippen LogP contribution in [0.4, 0.5) is 0 Å². The number of nitrogens with zero attached hydrogens (tertiary/aromatic N) is 1. The second-order valence-electron chi connectivity index (χ2n) is 8.82. The van der Waals surface area contributed by atoms with Gasteiger partial charge in [-0.3, -0.25) is 9.83 Å². The fourth-order valence-corrected chi connectivity index (χ4v) is 4.87. The van der Waals surface area contributed by atoms with E-state index in [-0.39, 0.29) is 0 Å². The van der Waals surface area contributed by atoms with Crippen molar-refractivity contribution in [1.29, 1.82) is 0 Å². The zero-order valence-corrected chi connectivity index (χ0v) is 16.8. The largest absolute Gasteiger partial charge is 0.486 e. The number of ether oxygens (including phenoxy) is 1. The smallest absolute Gasteiger partial charge is 0.341 e. The summed E-state index contributed by atoms with van der Waals surface area (Å²) in [5.74, 6) is 5.30. The molecule has 1 saturated heterocycles. The number of nitrogens with one attached hydrogen (secondary N) is 1. The van der Waals surface area contributed by atoms with Gasteiger partial charge in [0.1, 0.15) is 17.7 Å². The molecule has 2 fully saturated rings. The van der Waals surface area contributed by atoms with E-state index in [1.807, 2.05) is 18.2 Å². The van der Waals surface area contributed by atoms with Crippen molar-refractivity contribution in [1.82, 2.24) is 5.32 Å². The molecule has 0 bridgehead atoms. The molecule has 0 unspecified atom stereocenters. The van der Waals surface area contributed by atoms with Crippen molar-refractivity contribution in [2.75, 3.05) is 13.1 Å². The highest BCUT2D eigenvalue weighted by Crippen LogP contribution is 2.49. The number of benzene rings is 1. The lowest BCUT2D eigenvalue weighted by molar-refractivity contribution is -0.179. The van der Waals surface area contributed by atoms with E-state index < -0.39 is 17.7 Å². The molecule has 2 aliphatic heterocycles. The van der Waals surface area contributed by atoms with Gasteiger partial charge in [-0.15, -0.1) is 0 Å². The highest BCUT2D eigenvalue weighted by molar-refractivity contribution is 5.98. The Labute approximate surface area is 170 Å². The summed E-state index contributed by atoms with van der Waals surface area (Å²) in [4.78, 5) is 21.1. The quantitative estimate of drug-likeness (QED) is 0.332. The van der Waals surface area contributed by atoms with Crippen LogP contribution in [0, 0.1) is 5.41 Å². The van der Waals surface area contributed by atoms with Gasteiger partial charge in [-0.05, 0) is 87.7 Å². The Balaban J connectivity index is 1.43. The second-order valence-corrected chi connectivity index (χ2v) is 8.82. The number of carbonyl (C=O) groups is 1. The lowest BCUT2D eigenvalue weighted by Gasteiger charge is -2.49. The predicted octanol–water partition coefficient (Wildman–Crippen LogP) is 1.35. The maximum absolute atomic E-state index is 11.5. The second kappa shape index (κ2) is 7.59. The molecular formula is C21H30N4O4. The van der Waals surface area contributed by atoms with Gasteiger partial charge in [0.15, 0.2) is 0 Å². The normalized spacial score (nSPS) is 26.1. The number of carboxylic acid groups (broad SMARTS) is 1. The number of hydrogen-bond acceptors (Lipinski definition) is 6. The molecule has 29 heavy (non-hydrogen) atoms. The molecule has 158 valence electrons. The average Bonchev–Trinajstić information content (AvgIpc) is 2.71. The van der Waals surface area contributed by atoms with Crippen molar-refractivity contribution in [3.63, 3.8) is 0 Å². The van der Waals surface area contributed by atoms with Gasteiger partial charge in [-0.2, -0.15) is 0 Å². The van der Waals surface area contributed by atoms with Crippen LogP contribution in [0.2, 0.25) is 0 Å². The maximum atomic E-state index is 11.5. The fraction of sp³-hybridized carbons (Fsp3) is 0.619. The zero-order chi connectivity index (χ0) is 20.6. The van der Waals surface area contributed by atoms with Crippen LogP contribution in [0.5, 0.6) is 5.75 Å². The van der Waals surface area contributed by atoms with Gasteiger partial charge in [0.25, 0.3) is 0 Å². The SMILES string of the molecule is C[C@@](ON)(C(=O)O)[C@H]1CCc2cc(C(N)=NC3CC4(CCNCC4)C3)ccc2O1. The maximum Gasteiger partial charge on any atom is 0.341 e. The molecule has 0 radical (unpaired) electrons. The number of aliphatic imine (C=N–C) groups is 1. The number of rotatable bonds is 5. The molecule has 8 nitrogen and oxygen atoms in total. The first-order valence-corrected chi connectivity index (χ1v) is 10.3. The zero-order valence-electron chi connectivity index (χ0n) is 16.8. The van der Waals surface area contributed by atoms with E-state index in [2.05, 4.69) is 5.32 Å². The third-order valence-electron chi connectivity index (χ3n) is 6.91. The molecule has 6 N–H and O–H groups in total. The minimum atomic E-state index is -1.59. The van der Waals surface area contributed by atoms with Crippen molar-refractivity contribution in [2.24, 2.45) is 22.0 Å². The van der Waals surface area contributed by atoms with E-state index in [0.717, 1.165) is 37.1 Å². The fourth-order valence-electron chi connectivity index (χ4n) is 4.87.